The van der Waals surface area contributed by atoms with Gasteiger partial charge in [0.2, 0.25) is 5.95 Å². The number of pyridine rings is 1. The van der Waals surface area contributed by atoms with Gasteiger partial charge in [-0.05, 0) is 42.3 Å². The van der Waals surface area contributed by atoms with E-state index < -0.39 is 12.1 Å². The highest BCUT2D eigenvalue weighted by atomic mass is 35.5. The second kappa shape index (κ2) is 10.5. The van der Waals surface area contributed by atoms with Crippen molar-refractivity contribution in [1.82, 2.24) is 29.3 Å². The van der Waals surface area contributed by atoms with E-state index in [0.717, 1.165) is 37.9 Å². The van der Waals surface area contributed by atoms with Gasteiger partial charge in [0, 0.05) is 43.6 Å². The number of piperazine rings is 1. The van der Waals surface area contributed by atoms with E-state index in [1.807, 2.05) is 25.1 Å². The summed E-state index contributed by atoms with van der Waals surface area (Å²) in [6, 6.07) is 12.0. The van der Waals surface area contributed by atoms with Crippen molar-refractivity contribution in [2.45, 2.75) is 25.5 Å². The molecule has 0 spiro atoms. The normalized spacial score (nSPS) is 15.6. The van der Waals surface area contributed by atoms with Gasteiger partial charge in [-0.25, -0.2) is 29.0 Å². The van der Waals surface area contributed by atoms with E-state index in [9.17, 15) is 9.90 Å². The van der Waals surface area contributed by atoms with Crippen molar-refractivity contribution in [3.05, 3.63) is 88.5 Å². The van der Waals surface area contributed by atoms with E-state index in [1.165, 1.54) is 15.6 Å². The number of nitrogens with zero attached hydrogens (tertiary/aromatic N) is 8. The zero-order valence-corrected chi connectivity index (χ0v) is 20.6. The van der Waals surface area contributed by atoms with Crippen LogP contribution < -0.4 is 15.5 Å². The van der Waals surface area contributed by atoms with E-state index in [1.54, 1.807) is 42.9 Å². The topological polar surface area (TPSA) is 105 Å². The molecular formula is C25H27ClN8O2. The lowest BCUT2D eigenvalue weighted by atomic mass is 10.0. The molecule has 0 saturated carbocycles. The number of anilines is 2. The third-order valence-electron chi connectivity index (χ3n) is 6.45. The van der Waals surface area contributed by atoms with Gasteiger partial charge in [0.15, 0.2) is 0 Å². The van der Waals surface area contributed by atoms with Gasteiger partial charge in [0.1, 0.15) is 18.2 Å². The van der Waals surface area contributed by atoms with Gasteiger partial charge in [-0.15, -0.1) is 0 Å². The number of hydrogen-bond donors (Lipinski definition) is 1. The lowest BCUT2D eigenvalue weighted by Crippen LogP contribution is -2.47. The number of aliphatic hydroxyl groups excluding tert-OH is 1. The van der Waals surface area contributed by atoms with Gasteiger partial charge in [0.05, 0.1) is 17.9 Å². The van der Waals surface area contributed by atoms with Gasteiger partial charge in [-0.3, -0.25) is 0 Å². The van der Waals surface area contributed by atoms with Gasteiger partial charge in [0.25, 0.3) is 0 Å². The van der Waals surface area contributed by atoms with Crippen molar-refractivity contribution in [2.24, 2.45) is 0 Å². The summed E-state index contributed by atoms with van der Waals surface area (Å²) >= 11 is 5.97. The van der Waals surface area contributed by atoms with E-state index in [2.05, 4.69) is 29.9 Å². The molecule has 2 atom stereocenters. The average molecular weight is 507 g/mol. The lowest BCUT2D eigenvalue weighted by Gasteiger charge is -2.35. The van der Waals surface area contributed by atoms with E-state index in [0.29, 0.717) is 22.7 Å². The Balaban J connectivity index is 1.29. The average Bonchev–Trinajstić information content (AvgIpc) is 3.31. The first kappa shape index (κ1) is 24.0. The number of aliphatic hydroxyl groups is 1. The SMILES string of the molecule is CCC([C@H](O)c1ccc(Cl)cc1)n1ncn(-c2ccc(N3CCN(c4ncccn4)CC3)nc2)c1=O. The van der Waals surface area contributed by atoms with Crippen LogP contribution in [-0.4, -0.2) is 60.6 Å². The van der Waals surface area contributed by atoms with Crippen LogP contribution in [-0.2, 0) is 0 Å². The monoisotopic (exact) mass is 506 g/mol. The molecule has 186 valence electrons. The second-order valence-corrected chi connectivity index (χ2v) is 9.03. The van der Waals surface area contributed by atoms with E-state index >= 15 is 0 Å². The maximum absolute atomic E-state index is 13.2. The highest BCUT2D eigenvalue weighted by Crippen LogP contribution is 2.28. The van der Waals surface area contributed by atoms with Crippen LogP contribution in [0.3, 0.4) is 0 Å². The summed E-state index contributed by atoms with van der Waals surface area (Å²) in [6.45, 7) is 5.10. The summed E-state index contributed by atoms with van der Waals surface area (Å²) in [5.74, 6) is 1.58. The summed E-state index contributed by atoms with van der Waals surface area (Å²) in [5, 5.41) is 15.8. The zero-order valence-electron chi connectivity index (χ0n) is 19.9. The molecule has 1 N–H and O–H groups in total. The number of halogens is 1. The molecule has 10 nitrogen and oxygen atoms in total. The molecule has 1 saturated heterocycles. The van der Waals surface area contributed by atoms with Gasteiger partial charge in [-0.2, -0.15) is 5.10 Å². The van der Waals surface area contributed by atoms with Gasteiger partial charge in [-0.1, -0.05) is 30.7 Å². The highest BCUT2D eigenvalue weighted by Gasteiger charge is 2.25. The summed E-state index contributed by atoms with van der Waals surface area (Å²) in [6.07, 6.45) is 6.27. The first-order valence-corrected chi connectivity index (χ1v) is 12.3. The Labute approximate surface area is 213 Å². The number of rotatable bonds is 7. The maximum Gasteiger partial charge on any atom is 0.350 e. The predicted molar refractivity (Wildman–Crippen MR) is 138 cm³/mol. The molecule has 36 heavy (non-hydrogen) atoms. The molecule has 5 rings (SSSR count). The molecule has 4 heterocycles. The Morgan fingerprint density at radius 3 is 2.31 bits per heavy atom. The fourth-order valence-corrected chi connectivity index (χ4v) is 4.56. The molecule has 0 radical (unpaired) electrons. The molecule has 0 aliphatic carbocycles. The standard InChI is InChI=1S/C25H27ClN8O2/c1-2-21(23(35)18-4-6-19(26)7-5-18)34-25(36)33(17-30-34)20-8-9-22(29-16-20)31-12-14-32(15-13-31)24-27-10-3-11-28-24/h3-11,16-17,21,23,35H,2,12-15H2,1H3/t21?,23-/m1/s1. The Morgan fingerprint density at radius 2 is 1.67 bits per heavy atom. The molecule has 0 amide bonds. The molecule has 4 aromatic rings. The molecule has 1 fully saturated rings. The number of benzene rings is 1. The van der Waals surface area contributed by atoms with Crippen molar-refractivity contribution in [3.63, 3.8) is 0 Å². The molecule has 1 unspecified atom stereocenters. The quantitative estimate of drug-likeness (QED) is 0.408. The van der Waals surface area contributed by atoms with Gasteiger partial charge >= 0.3 is 5.69 Å². The number of aromatic nitrogens is 6. The van der Waals surface area contributed by atoms with Crippen LogP contribution in [0.2, 0.25) is 5.02 Å². The van der Waals surface area contributed by atoms with Crippen LogP contribution in [0.25, 0.3) is 5.69 Å². The minimum Gasteiger partial charge on any atom is -0.386 e. The first-order chi connectivity index (χ1) is 17.5. The molecule has 11 heteroatoms. The summed E-state index contributed by atoms with van der Waals surface area (Å²) < 4.78 is 2.77. The van der Waals surface area contributed by atoms with Crippen LogP contribution in [0.4, 0.5) is 11.8 Å². The maximum atomic E-state index is 13.2. The van der Waals surface area contributed by atoms with Crippen LogP contribution in [0.5, 0.6) is 0 Å². The Bertz CT molecular complexity index is 1330. The zero-order chi connectivity index (χ0) is 25.1. The van der Waals surface area contributed by atoms with Gasteiger partial charge < -0.3 is 14.9 Å². The van der Waals surface area contributed by atoms with Crippen molar-refractivity contribution >= 4 is 23.4 Å². The van der Waals surface area contributed by atoms with Crippen LogP contribution in [0, 0.1) is 0 Å². The van der Waals surface area contributed by atoms with E-state index in [4.69, 9.17) is 11.6 Å². The Morgan fingerprint density at radius 1 is 0.972 bits per heavy atom. The van der Waals surface area contributed by atoms with E-state index in [-0.39, 0.29) is 5.69 Å². The summed E-state index contributed by atoms with van der Waals surface area (Å²) in [7, 11) is 0. The Kier molecular flexibility index (Phi) is 6.97. The predicted octanol–water partition coefficient (Wildman–Crippen LogP) is 2.88. The van der Waals surface area contributed by atoms with Crippen molar-refractivity contribution in [3.8, 4) is 5.69 Å². The van der Waals surface area contributed by atoms with Crippen molar-refractivity contribution in [1.29, 1.82) is 0 Å². The molecule has 3 aromatic heterocycles. The first-order valence-electron chi connectivity index (χ1n) is 11.9. The van der Waals surface area contributed by atoms with Crippen LogP contribution >= 0.6 is 11.6 Å². The second-order valence-electron chi connectivity index (χ2n) is 8.60. The fourth-order valence-electron chi connectivity index (χ4n) is 4.43. The van der Waals surface area contributed by atoms with Crippen LogP contribution in [0.1, 0.15) is 31.1 Å². The third kappa shape index (κ3) is 4.82. The molecular weight excluding hydrogens is 480 g/mol. The smallest absolute Gasteiger partial charge is 0.350 e. The largest absolute Gasteiger partial charge is 0.386 e. The summed E-state index contributed by atoms with van der Waals surface area (Å²) in [5.41, 5.74) is 0.959. The minimum absolute atomic E-state index is 0.333. The third-order valence-corrected chi connectivity index (χ3v) is 6.70. The highest BCUT2D eigenvalue weighted by molar-refractivity contribution is 6.30. The van der Waals surface area contributed by atoms with Crippen molar-refractivity contribution in [2.75, 3.05) is 36.0 Å². The van der Waals surface area contributed by atoms with Crippen molar-refractivity contribution < 1.29 is 5.11 Å². The minimum atomic E-state index is -0.895. The fraction of sp³-hybridized carbons (Fsp3) is 0.320. The lowest BCUT2D eigenvalue weighted by molar-refractivity contribution is 0.101. The van der Waals surface area contributed by atoms with Crippen LogP contribution in [0.15, 0.2) is 72.2 Å². The summed E-state index contributed by atoms with van der Waals surface area (Å²) in [4.78, 5) is 30.8. The number of hydrogen-bond acceptors (Lipinski definition) is 8. The Hall–Kier alpha value is -3.76. The molecule has 1 aliphatic rings. The molecule has 1 aromatic carbocycles. The molecule has 0 bridgehead atoms. The molecule has 1 aliphatic heterocycles.